The molecule has 0 atom stereocenters. The first kappa shape index (κ1) is 21.0. The van der Waals surface area contributed by atoms with Crippen molar-refractivity contribution in [1.82, 2.24) is 25.4 Å². The minimum absolute atomic E-state index is 0. The summed E-state index contributed by atoms with van der Waals surface area (Å²) in [6, 6.07) is 7.13. The minimum Gasteiger partial charge on any atom is -0.357 e. The summed E-state index contributed by atoms with van der Waals surface area (Å²) in [5.41, 5.74) is 0.693. The van der Waals surface area contributed by atoms with Crippen LogP contribution >= 0.6 is 24.0 Å². The van der Waals surface area contributed by atoms with Gasteiger partial charge in [0.05, 0.1) is 6.54 Å². The van der Waals surface area contributed by atoms with Gasteiger partial charge < -0.3 is 10.2 Å². The molecular formula is C20H28FIN6. The van der Waals surface area contributed by atoms with Crippen LogP contribution in [0.25, 0.3) is 0 Å². The highest BCUT2D eigenvalue weighted by atomic mass is 127. The summed E-state index contributed by atoms with van der Waals surface area (Å²) in [6.07, 6.45) is 5.63. The van der Waals surface area contributed by atoms with Gasteiger partial charge >= 0.3 is 0 Å². The SMILES string of the molecule is CCNC(=NCC1(c2ccccc2F)CC1)N1CCC(c2ncn[nH]2)CC1.I. The number of aromatic amines is 1. The number of nitrogens with one attached hydrogen (secondary N) is 2. The first-order chi connectivity index (χ1) is 13.2. The van der Waals surface area contributed by atoms with E-state index in [4.69, 9.17) is 4.99 Å². The number of aliphatic imine (C=N–C) groups is 1. The maximum absolute atomic E-state index is 14.2. The van der Waals surface area contributed by atoms with Crippen molar-refractivity contribution in [3.63, 3.8) is 0 Å². The lowest BCUT2D eigenvalue weighted by molar-refractivity contribution is 0.298. The Morgan fingerprint density at radius 2 is 2.07 bits per heavy atom. The van der Waals surface area contributed by atoms with Gasteiger partial charge in [0.2, 0.25) is 0 Å². The number of piperidine rings is 1. The molecule has 4 rings (SSSR count). The summed E-state index contributed by atoms with van der Waals surface area (Å²) in [5.74, 6) is 2.24. The number of nitrogens with zero attached hydrogens (tertiary/aromatic N) is 4. The lowest BCUT2D eigenvalue weighted by Crippen LogP contribution is -2.45. The summed E-state index contributed by atoms with van der Waals surface area (Å²) in [5, 5.41) is 10.4. The first-order valence-corrected chi connectivity index (χ1v) is 9.85. The molecule has 0 radical (unpaired) electrons. The molecule has 1 saturated carbocycles. The van der Waals surface area contributed by atoms with Crippen LogP contribution in [0.1, 0.15) is 49.9 Å². The Hall–Kier alpha value is -1.71. The highest BCUT2D eigenvalue weighted by Crippen LogP contribution is 2.49. The van der Waals surface area contributed by atoms with Crippen LogP contribution in [0.4, 0.5) is 4.39 Å². The molecule has 8 heteroatoms. The second kappa shape index (κ2) is 9.19. The van der Waals surface area contributed by atoms with Gasteiger partial charge in [-0.1, -0.05) is 18.2 Å². The minimum atomic E-state index is -0.121. The highest BCUT2D eigenvalue weighted by Gasteiger charge is 2.46. The molecular weight excluding hydrogens is 470 g/mol. The third-order valence-electron chi connectivity index (χ3n) is 5.78. The molecule has 2 N–H and O–H groups in total. The van der Waals surface area contributed by atoms with Crippen molar-refractivity contribution in [3.8, 4) is 0 Å². The molecule has 0 spiro atoms. The molecule has 1 saturated heterocycles. The molecule has 2 aromatic rings. The predicted octanol–water partition coefficient (Wildman–Crippen LogP) is 3.44. The standard InChI is InChI=1S/C20H27FN6.HI/c1-2-22-19(27-11-7-15(8-12-27)18-24-14-25-26-18)23-13-20(9-10-20)16-5-3-4-6-17(16)21;/h3-6,14-15H,2,7-13H2,1H3,(H,22,23)(H,24,25,26);1H. The quantitative estimate of drug-likeness (QED) is 0.377. The summed E-state index contributed by atoms with van der Waals surface area (Å²) in [6.45, 7) is 5.42. The van der Waals surface area contributed by atoms with E-state index in [1.54, 1.807) is 18.5 Å². The number of halogens is 2. The van der Waals surface area contributed by atoms with Crippen LogP contribution < -0.4 is 5.32 Å². The number of H-pyrrole nitrogens is 1. The van der Waals surface area contributed by atoms with Crippen LogP contribution in [0, 0.1) is 5.82 Å². The maximum Gasteiger partial charge on any atom is 0.193 e. The molecule has 6 nitrogen and oxygen atoms in total. The number of likely N-dealkylation sites (tertiary alicyclic amines) is 1. The van der Waals surface area contributed by atoms with Crippen LogP contribution in [0.15, 0.2) is 35.6 Å². The van der Waals surface area contributed by atoms with Gasteiger partial charge in [-0.25, -0.2) is 9.37 Å². The molecule has 1 aromatic heterocycles. The van der Waals surface area contributed by atoms with Crippen LogP contribution in [0.5, 0.6) is 0 Å². The zero-order chi connectivity index (χ0) is 18.7. The fraction of sp³-hybridized carbons (Fsp3) is 0.550. The van der Waals surface area contributed by atoms with E-state index < -0.39 is 0 Å². The molecule has 28 heavy (non-hydrogen) atoms. The number of hydrogen-bond donors (Lipinski definition) is 2. The molecule has 0 bridgehead atoms. The number of hydrogen-bond acceptors (Lipinski definition) is 3. The van der Waals surface area contributed by atoms with Crippen molar-refractivity contribution in [3.05, 3.63) is 47.8 Å². The molecule has 1 aliphatic heterocycles. The van der Waals surface area contributed by atoms with Crippen LogP contribution in [-0.4, -0.2) is 52.2 Å². The molecule has 2 aliphatic rings. The Balaban J connectivity index is 0.00000225. The fourth-order valence-electron chi connectivity index (χ4n) is 3.98. The average Bonchev–Trinajstić information content (AvgIpc) is 3.27. The van der Waals surface area contributed by atoms with Crippen LogP contribution in [0.2, 0.25) is 0 Å². The summed E-state index contributed by atoms with van der Waals surface area (Å²) < 4.78 is 14.2. The smallest absolute Gasteiger partial charge is 0.193 e. The predicted molar refractivity (Wildman–Crippen MR) is 119 cm³/mol. The second-order valence-corrected chi connectivity index (χ2v) is 7.56. The van der Waals surface area contributed by atoms with Crippen LogP contribution in [0.3, 0.4) is 0 Å². The van der Waals surface area contributed by atoms with Crippen molar-refractivity contribution >= 4 is 29.9 Å². The lowest BCUT2D eigenvalue weighted by Gasteiger charge is -2.33. The summed E-state index contributed by atoms with van der Waals surface area (Å²) >= 11 is 0. The van der Waals surface area contributed by atoms with Gasteiger partial charge in [0.25, 0.3) is 0 Å². The van der Waals surface area contributed by atoms with Gasteiger partial charge in [-0.3, -0.25) is 10.1 Å². The van der Waals surface area contributed by atoms with Crippen molar-refractivity contribution in [1.29, 1.82) is 0 Å². The second-order valence-electron chi connectivity index (χ2n) is 7.56. The van der Waals surface area contributed by atoms with Crippen molar-refractivity contribution in [2.24, 2.45) is 4.99 Å². The maximum atomic E-state index is 14.2. The van der Waals surface area contributed by atoms with Gasteiger partial charge in [-0.2, -0.15) is 5.10 Å². The Bertz CT molecular complexity index is 782. The zero-order valence-electron chi connectivity index (χ0n) is 16.2. The van der Waals surface area contributed by atoms with Crippen molar-refractivity contribution in [2.75, 3.05) is 26.2 Å². The number of aromatic nitrogens is 3. The van der Waals surface area contributed by atoms with E-state index in [0.717, 1.165) is 62.7 Å². The molecule has 152 valence electrons. The van der Waals surface area contributed by atoms with E-state index >= 15 is 0 Å². The van der Waals surface area contributed by atoms with Gasteiger partial charge in [0, 0.05) is 31.0 Å². The van der Waals surface area contributed by atoms with E-state index in [1.807, 2.05) is 12.1 Å². The molecule has 0 amide bonds. The average molecular weight is 498 g/mol. The van der Waals surface area contributed by atoms with E-state index in [0.29, 0.717) is 12.5 Å². The number of guanidine groups is 1. The number of benzene rings is 1. The van der Waals surface area contributed by atoms with Gasteiger partial charge in [-0.15, -0.1) is 24.0 Å². The Labute approximate surface area is 182 Å². The van der Waals surface area contributed by atoms with Gasteiger partial charge in [0.1, 0.15) is 18.0 Å². The Kier molecular flexibility index (Phi) is 6.90. The van der Waals surface area contributed by atoms with E-state index in [2.05, 4.69) is 32.3 Å². The third-order valence-corrected chi connectivity index (χ3v) is 5.78. The molecule has 0 unspecified atom stereocenters. The topological polar surface area (TPSA) is 69.2 Å². The largest absolute Gasteiger partial charge is 0.357 e. The monoisotopic (exact) mass is 498 g/mol. The molecule has 1 aliphatic carbocycles. The Morgan fingerprint density at radius 3 is 2.68 bits per heavy atom. The normalized spacial score (nSPS) is 19.2. The zero-order valence-corrected chi connectivity index (χ0v) is 18.5. The fourth-order valence-corrected chi connectivity index (χ4v) is 3.98. The molecule has 1 aromatic carbocycles. The Morgan fingerprint density at radius 1 is 1.32 bits per heavy atom. The van der Waals surface area contributed by atoms with E-state index in [9.17, 15) is 4.39 Å². The molecule has 2 heterocycles. The summed E-state index contributed by atoms with van der Waals surface area (Å²) in [4.78, 5) is 11.5. The first-order valence-electron chi connectivity index (χ1n) is 9.85. The summed E-state index contributed by atoms with van der Waals surface area (Å²) in [7, 11) is 0. The van der Waals surface area contributed by atoms with E-state index in [-0.39, 0.29) is 35.2 Å². The number of rotatable bonds is 5. The van der Waals surface area contributed by atoms with Crippen molar-refractivity contribution < 1.29 is 4.39 Å². The third kappa shape index (κ3) is 4.47. The lowest BCUT2D eigenvalue weighted by atomic mass is 9.95. The van der Waals surface area contributed by atoms with Gasteiger partial charge in [-0.05, 0) is 44.2 Å². The van der Waals surface area contributed by atoms with E-state index in [1.165, 1.54) is 0 Å². The van der Waals surface area contributed by atoms with Gasteiger partial charge in [0.15, 0.2) is 5.96 Å². The van der Waals surface area contributed by atoms with Crippen LogP contribution in [-0.2, 0) is 5.41 Å². The van der Waals surface area contributed by atoms with Crippen molar-refractivity contribution in [2.45, 2.75) is 43.9 Å². The highest BCUT2D eigenvalue weighted by molar-refractivity contribution is 14.0. The molecule has 2 fully saturated rings.